The summed E-state index contributed by atoms with van der Waals surface area (Å²) >= 11 is 0. The van der Waals surface area contributed by atoms with Gasteiger partial charge in [0.2, 0.25) is 0 Å². The number of aromatic nitrogens is 1. The van der Waals surface area contributed by atoms with Gasteiger partial charge in [-0.05, 0) is 25.0 Å². The lowest BCUT2D eigenvalue weighted by Gasteiger charge is -2.03. The van der Waals surface area contributed by atoms with Crippen molar-refractivity contribution in [1.82, 2.24) is 4.98 Å². The Bertz CT molecular complexity index is 422. The van der Waals surface area contributed by atoms with Crippen molar-refractivity contribution >= 4 is 5.57 Å². The Hall–Kier alpha value is -1.88. The van der Waals surface area contributed by atoms with Crippen LogP contribution in [-0.4, -0.2) is 4.98 Å². The highest BCUT2D eigenvalue weighted by Gasteiger charge is 2.03. The van der Waals surface area contributed by atoms with E-state index in [2.05, 4.69) is 24.1 Å². The standard InChI is InChI=1S/C13H14N2/c1-3-5-6-11(4-2)13-7-8-15-10-12(13)9-14/h4-8,10H,3H2,1-2H3/b6-5-,11-4+. The molecule has 0 unspecified atom stereocenters. The molecule has 0 aliphatic rings. The monoisotopic (exact) mass is 198 g/mol. The predicted molar refractivity (Wildman–Crippen MR) is 62.0 cm³/mol. The highest BCUT2D eigenvalue weighted by molar-refractivity contribution is 5.76. The number of pyridine rings is 1. The van der Waals surface area contributed by atoms with E-state index in [0.29, 0.717) is 5.56 Å². The van der Waals surface area contributed by atoms with Crippen molar-refractivity contribution in [2.45, 2.75) is 20.3 Å². The zero-order valence-electron chi connectivity index (χ0n) is 9.07. The summed E-state index contributed by atoms with van der Waals surface area (Å²) < 4.78 is 0. The third kappa shape index (κ3) is 2.78. The van der Waals surface area contributed by atoms with Crippen LogP contribution in [0.15, 0.2) is 36.7 Å². The van der Waals surface area contributed by atoms with E-state index >= 15 is 0 Å². The predicted octanol–water partition coefficient (Wildman–Crippen LogP) is 3.32. The van der Waals surface area contributed by atoms with E-state index in [1.807, 2.05) is 25.1 Å². The van der Waals surface area contributed by atoms with Gasteiger partial charge in [0, 0.05) is 18.0 Å². The third-order valence-corrected chi connectivity index (χ3v) is 2.10. The second-order valence-corrected chi connectivity index (χ2v) is 3.09. The zero-order valence-corrected chi connectivity index (χ0v) is 9.07. The van der Waals surface area contributed by atoms with E-state index in [-0.39, 0.29) is 0 Å². The molecular formula is C13H14N2. The van der Waals surface area contributed by atoms with Crippen molar-refractivity contribution < 1.29 is 0 Å². The highest BCUT2D eigenvalue weighted by atomic mass is 14.6. The van der Waals surface area contributed by atoms with E-state index in [0.717, 1.165) is 17.6 Å². The van der Waals surface area contributed by atoms with Gasteiger partial charge < -0.3 is 0 Å². The Labute approximate surface area is 90.6 Å². The molecule has 1 rings (SSSR count). The average Bonchev–Trinajstić information content (AvgIpc) is 2.30. The molecule has 0 atom stereocenters. The number of hydrogen-bond donors (Lipinski definition) is 0. The summed E-state index contributed by atoms with van der Waals surface area (Å²) in [5.74, 6) is 0. The van der Waals surface area contributed by atoms with Gasteiger partial charge in [0.25, 0.3) is 0 Å². The molecule has 0 bridgehead atoms. The maximum atomic E-state index is 8.95. The van der Waals surface area contributed by atoms with Crippen LogP contribution in [0.4, 0.5) is 0 Å². The van der Waals surface area contributed by atoms with E-state index in [9.17, 15) is 0 Å². The summed E-state index contributed by atoms with van der Waals surface area (Å²) in [4.78, 5) is 3.94. The summed E-state index contributed by atoms with van der Waals surface area (Å²) in [6, 6.07) is 4.02. The summed E-state index contributed by atoms with van der Waals surface area (Å²) in [7, 11) is 0. The summed E-state index contributed by atoms with van der Waals surface area (Å²) in [5.41, 5.74) is 2.63. The number of nitriles is 1. The Balaban J connectivity index is 3.14. The number of allylic oxidation sites excluding steroid dienone is 4. The molecule has 0 spiro atoms. The van der Waals surface area contributed by atoms with Gasteiger partial charge in [0.1, 0.15) is 6.07 Å². The fourth-order valence-corrected chi connectivity index (χ4v) is 1.32. The first kappa shape index (κ1) is 11.2. The minimum Gasteiger partial charge on any atom is -0.263 e. The molecule has 0 fully saturated rings. The van der Waals surface area contributed by atoms with Crippen molar-refractivity contribution in [2.75, 3.05) is 0 Å². The molecule has 2 heteroatoms. The lowest BCUT2D eigenvalue weighted by atomic mass is 10.0. The van der Waals surface area contributed by atoms with Crippen molar-refractivity contribution in [3.63, 3.8) is 0 Å². The molecule has 2 nitrogen and oxygen atoms in total. The van der Waals surface area contributed by atoms with Crippen molar-refractivity contribution in [2.24, 2.45) is 0 Å². The topological polar surface area (TPSA) is 36.7 Å². The molecule has 0 saturated carbocycles. The first-order valence-electron chi connectivity index (χ1n) is 5.00. The quantitative estimate of drug-likeness (QED) is 0.698. The maximum Gasteiger partial charge on any atom is 0.101 e. The number of hydrogen-bond acceptors (Lipinski definition) is 2. The molecule has 15 heavy (non-hydrogen) atoms. The molecule has 76 valence electrons. The Morgan fingerprint density at radius 2 is 2.40 bits per heavy atom. The fourth-order valence-electron chi connectivity index (χ4n) is 1.32. The molecule has 0 amide bonds. The summed E-state index contributed by atoms with van der Waals surface area (Å²) in [6.07, 6.45) is 10.4. The minimum absolute atomic E-state index is 0.617. The van der Waals surface area contributed by atoms with Crippen LogP contribution in [0.5, 0.6) is 0 Å². The second-order valence-electron chi connectivity index (χ2n) is 3.09. The van der Waals surface area contributed by atoms with Crippen LogP contribution in [-0.2, 0) is 0 Å². The van der Waals surface area contributed by atoms with Crippen LogP contribution in [0.3, 0.4) is 0 Å². The fraction of sp³-hybridized carbons (Fsp3) is 0.231. The smallest absolute Gasteiger partial charge is 0.101 e. The molecule has 1 heterocycles. The number of rotatable bonds is 3. The summed E-state index contributed by atoms with van der Waals surface area (Å²) in [6.45, 7) is 4.05. The highest BCUT2D eigenvalue weighted by Crippen LogP contribution is 2.19. The van der Waals surface area contributed by atoms with Gasteiger partial charge in [-0.25, -0.2) is 0 Å². The van der Waals surface area contributed by atoms with Gasteiger partial charge in [-0.15, -0.1) is 0 Å². The van der Waals surface area contributed by atoms with Crippen LogP contribution in [0.25, 0.3) is 5.57 Å². The van der Waals surface area contributed by atoms with Crippen molar-refractivity contribution in [1.29, 1.82) is 5.26 Å². The molecule has 0 saturated heterocycles. The van der Waals surface area contributed by atoms with E-state index in [1.165, 1.54) is 0 Å². The molecule has 0 aromatic carbocycles. The molecular weight excluding hydrogens is 184 g/mol. The normalized spacial score (nSPS) is 11.7. The van der Waals surface area contributed by atoms with Crippen molar-refractivity contribution in [3.8, 4) is 6.07 Å². The van der Waals surface area contributed by atoms with Crippen LogP contribution < -0.4 is 0 Å². The van der Waals surface area contributed by atoms with Gasteiger partial charge in [0.15, 0.2) is 0 Å². The van der Waals surface area contributed by atoms with Crippen LogP contribution >= 0.6 is 0 Å². The second kappa shape index (κ2) is 5.77. The van der Waals surface area contributed by atoms with Gasteiger partial charge in [-0.3, -0.25) is 4.98 Å². The zero-order chi connectivity index (χ0) is 11.1. The molecule has 0 aliphatic heterocycles. The van der Waals surface area contributed by atoms with Crippen molar-refractivity contribution in [3.05, 3.63) is 47.8 Å². The molecule has 0 aliphatic carbocycles. The van der Waals surface area contributed by atoms with Crippen LogP contribution in [0.1, 0.15) is 31.4 Å². The summed E-state index contributed by atoms with van der Waals surface area (Å²) in [5, 5.41) is 8.95. The minimum atomic E-state index is 0.617. The Kier molecular flexibility index (Phi) is 4.30. The molecule has 1 aromatic heterocycles. The molecule has 0 radical (unpaired) electrons. The first-order valence-corrected chi connectivity index (χ1v) is 5.00. The first-order chi connectivity index (χ1) is 7.33. The average molecular weight is 198 g/mol. The number of nitrogens with zero attached hydrogens (tertiary/aromatic N) is 2. The van der Waals surface area contributed by atoms with E-state index in [1.54, 1.807) is 12.4 Å². The maximum absolute atomic E-state index is 8.95. The molecule has 0 N–H and O–H groups in total. The SMILES string of the molecule is C/C=C(\C=C/CC)c1ccncc1C#N. The van der Waals surface area contributed by atoms with Gasteiger partial charge >= 0.3 is 0 Å². The van der Waals surface area contributed by atoms with E-state index in [4.69, 9.17) is 5.26 Å². The van der Waals surface area contributed by atoms with Gasteiger partial charge in [0.05, 0.1) is 5.56 Å². The van der Waals surface area contributed by atoms with Crippen LogP contribution in [0.2, 0.25) is 0 Å². The third-order valence-electron chi connectivity index (χ3n) is 2.10. The van der Waals surface area contributed by atoms with Crippen LogP contribution in [0, 0.1) is 11.3 Å². The van der Waals surface area contributed by atoms with Gasteiger partial charge in [-0.2, -0.15) is 5.26 Å². The molecule has 1 aromatic rings. The Morgan fingerprint density at radius 1 is 1.60 bits per heavy atom. The van der Waals surface area contributed by atoms with Gasteiger partial charge in [-0.1, -0.05) is 25.2 Å². The largest absolute Gasteiger partial charge is 0.263 e. The lowest BCUT2D eigenvalue weighted by Crippen LogP contribution is -1.88. The Morgan fingerprint density at radius 3 is 3.00 bits per heavy atom. The lowest BCUT2D eigenvalue weighted by molar-refractivity contribution is 1.22. The van der Waals surface area contributed by atoms with E-state index < -0.39 is 0 Å².